The molecule has 5 heteroatoms. The summed E-state index contributed by atoms with van der Waals surface area (Å²) in [6.45, 7) is 19.5. The van der Waals surface area contributed by atoms with E-state index in [9.17, 15) is 0 Å². The van der Waals surface area contributed by atoms with Crippen LogP contribution in [0.15, 0.2) is 108 Å². The van der Waals surface area contributed by atoms with Gasteiger partial charge < -0.3 is 9.47 Å². The quantitative estimate of drug-likeness (QED) is 0.138. The first-order chi connectivity index (χ1) is 16.8. The minimum Gasteiger partial charge on any atom is -0.497 e. The number of ether oxygens (including phenoxy) is 2. The topological polar surface area (TPSA) is 30.8 Å². The molecule has 2 unspecified atom stereocenters. The highest BCUT2D eigenvalue weighted by molar-refractivity contribution is 7.99. The summed E-state index contributed by atoms with van der Waals surface area (Å²) in [5.41, 5.74) is 4.16. The van der Waals surface area contributed by atoms with Gasteiger partial charge in [0.1, 0.15) is 5.75 Å². The Hall–Kier alpha value is -2.69. The van der Waals surface area contributed by atoms with E-state index in [2.05, 4.69) is 60.3 Å². The SMILES string of the molecule is C/C=C\C.C=C(C)C(Sc1cccc(N=C=S)c1)c1ccc(OC)cc1.C=CCC(OC)C(=C)C. The Morgan fingerprint density at radius 3 is 2.09 bits per heavy atom. The number of aliphatic imine (C=N–C) groups is 1. The van der Waals surface area contributed by atoms with Crippen LogP contribution in [0.4, 0.5) is 5.69 Å². The molecule has 3 nitrogen and oxygen atoms in total. The normalized spacial score (nSPS) is 11.5. The zero-order chi connectivity index (χ0) is 26.6. The van der Waals surface area contributed by atoms with Crippen molar-refractivity contribution in [3.05, 3.63) is 103 Å². The van der Waals surface area contributed by atoms with E-state index in [4.69, 9.17) is 9.47 Å². The van der Waals surface area contributed by atoms with Gasteiger partial charge in [0.25, 0.3) is 0 Å². The van der Waals surface area contributed by atoms with E-state index in [-0.39, 0.29) is 11.4 Å². The van der Waals surface area contributed by atoms with E-state index in [1.54, 1.807) is 26.0 Å². The van der Waals surface area contributed by atoms with Gasteiger partial charge in [-0.05, 0) is 82.2 Å². The fraction of sp³-hybridized carbons (Fsp3) is 0.300. The predicted octanol–water partition coefficient (Wildman–Crippen LogP) is 9.57. The molecule has 0 spiro atoms. The molecule has 0 saturated carbocycles. The molecule has 0 fully saturated rings. The second-order valence-corrected chi connectivity index (χ2v) is 8.94. The molecule has 0 aliphatic rings. The van der Waals surface area contributed by atoms with Crippen LogP contribution in [0.5, 0.6) is 5.75 Å². The molecule has 0 amide bonds. The van der Waals surface area contributed by atoms with Crippen molar-refractivity contribution in [3.63, 3.8) is 0 Å². The van der Waals surface area contributed by atoms with Crippen LogP contribution in [0.25, 0.3) is 0 Å². The number of methoxy groups -OCH3 is 2. The lowest BCUT2D eigenvalue weighted by Crippen LogP contribution is -2.09. The van der Waals surface area contributed by atoms with Crippen LogP contribution in [0.3, 0.4) is 0 Å². The van der Waals surface area contributed by atoms with Crippen LogP contribution >= 0.6 is 24.0 Å². The van der Waals surface area contributed by atoms with Crippen molar-refractivity contribution in [2.24, 2.45) is 4.99 Å². The number of thioether (sulfide) groups is 1. The van der Waals surface area contributed by atoms with Gasteiger partial charge in [-0.15, -0.1) is 18.3 Å². The van der Waals surface area contributed by atoms with Gasteiger partial charge in [0.05, 0.1) is 29.3 Å². The first kappa shape index (κ1) is 32.3. The number of hydrogen-bond acceptors (Lipinski definition) is 5. The summed E-state index contributed by atoms with van der Waals surface area (Å²) in [5, 5.41) is 2.58. The first-order valence-corrected chi connectivity index (χ1v) is 12.6. The molecule has 2 rings (SSSR count). The third-order valence-electron chi connectivity index (χ3n) is 4.66. The summed E-state index contributed by atoms with van der Waals surface area (Å²) in [4.78, 5) is 5.15. The maximum atomic E-state index is 5.21. The Balaban J connectivity index is 0.000000739. The Kier molecular flexibility index (Phi) is 18.1. The summed E-state index contributed by atoms with van der Waals surface area (Å²) in [6, 6.07) is 16.0. The van der Waals surface area contributed by atoms with Gasteiger partial charge >= 0.3 is 0 Å². The highest BCUT2D eigenvalue weighted by Gasteiger charge is 2.14. The van der Waals surface area contributed by atoms with E-state index in [1.807, 2.05) is 76.3 Å². The lowest BCUT2D eigenvalue weighted by Gasteiger charge is -2.17. The second kappa shape index (κ2) is 19.6. The number of isothiocyanates is 1. The molecule has 0 aliphatic heterocycles. The molecule has 0 aliphatic carbocycles. The molecule has 2 atom stereocenters. The maximum Gasteiger partial charge on any atom is 0.118 e. The number of allylic oxidation sites excluding steroid dienone is 2. The lowest BCUT2D eigenvalue weighted by atomic mass is 10.1. The summed E-state index contributed by atoms with van der Waals surface area (Å²) in [6.07, 6.45) is 6.84. The molecular weight excluding hydrogens is 470 g/mol. The van der Waals surface area contributed by atoms with E-state index in [0.29, 0.717) is 0 Å². The van der Waals surface area contributed by atoms with E-state index < -0.39 is 0 Å². The molecule has 0 bridgehead atoms. The van der Waals surface area contributed by atoms with Crippen LogP contribution in [0.1, 0.15) is 44.9 Å². The Morgan fingerprint density at radius 1 is 1.06 bits per heavy atom. The Labute approximate surface area is 222 Å². The van der Waals surface area contributed by atoms with Crippen molar-refractivity contribution in [1.29, 1.82) is 0 Å². The molecular formula is C30H39NO2S2. The van der Waals surface area contributed by atoms with Crippen molar-refractivity contribution >= 4 is 34.8 Å². The zero-order valence-corrected chi connectivity index (χ0v) is 23.5. The third kappa shape index (κ3) is 13.7. The van der Waals surface area contributed by atoms with Crippen LogP contribution in [-0.2, 0) is 4.74 Å². The zero-order valence-electron chi connectivity index (χ0n) is 21.9. The number of thiocarbonyl (C=S) groups is 1. The van der Waals surface area contributed by atoms with Gasteiger partial charge in [-0.25, -0.2) is 0 Å². The smallest absolute Gasteiger partial charge is 0.118 e. The van der Waals surface area contributed by atoms with Crippen LogP contribution < -0.4 is 4.74 Å². The molecule has 35 heavy (non-hydrogen) atoms. The molecule has 2 aromatic carbocycles. The van der Waals surface area contributed by atoms with Crippen LogP contribution in [-0.4, -0.2) is 25.5 Å². The number of benzene rings is 2. The van der Waals surface area contributed by atoms with Gasteiger partial charge in [0.15, 0.2) is 0 Å². The highest BCUT2D eigenvalue weighted by Crippen LogP contribution is 2.41. The summed E-state index contributed by atoms with van der Waals surface area (Å²) in [5.74, 6) is 0.853. The first-order valence-electron chi connectivity index (χ1n) is 11.3. The largest absolute Gasteiger partial charge is 0.497 e. The fourth-order valence-electron chi connectivity index (χ4n) is 2.70. The Bertz CT molecular complexity index is 986. The summed E-state index contributed by atoms with van der Waals surface area (Å²) >= 11 is 6.40. The minimum atomic E-state index is 0.155. The molecule has 0 radical (unpaired) electrons. The number of nitrogens with zero attached hydrogens (tertiary/aromatic N) is 1. The highest BCUT2D eigenvalue weighted by atomic mass is 32.2. The summed E-state index contributed by atoms with van der Waals surface area (Å²) < 4.78 is 10.3. The van der Waals surface area contributed by atoms with Crippen molar-refractivity contribution in [2.75, 3.05) is 14.2 Å². The minimum absolute atomic E-state index is 0.155. The average Bonchev–Trinajstić information content (AvgIpc) is 2.86. The lowest BCUT2D eigenvalue weighted by molar-refractivity contribution is 0.134. The van der Waals surface area contributed by atoms with Crippen molar-refractivity contribution in [3.8, 4) is 5.75 Å². The van der Waals surface area contributed by atoms with Crippen LogP contribution in [0.2, 0.25) is 0 Å². The standard InChI is InChI=1S/C18H17NOS2.C8H14O.C4H8/c1-13(2)18(14-7-9-16(20-3)10-8-14)22-17-6-4-5-15(11-17)19-12-21;1-5-6-8(9-4)7(2)3;1-3-4-2/h4-11,18H,1H2,2-3H3;5,8H,1-2,6H2,3-4H3;3-4H,1-2H3/b;;4-3-. The van der Waals surface area contributed by atoms with Crippen molar-refractivity contribution < 1.29 is 9.47 Å². The molecule has 188 valence electrons. The van der Waals surface area contributed by atoms with Gasteiger partial charge in [-0.1, -0.05) is 60.7 Å². The van der Waals surface area contributed by atoms with E-state index in [1.165, 1.54) is 5.56 Å². The number of hydrogen-bond donors (Lipinski definition) is 0. The number of rotatable bonds is 10. The maximum absolute atomic E-state index is 5.21. The van der Waals surface area contributed by atoms with Gasteiger partial charge in [0.2, 0.25) is 0 Å². The monoisotopic (exact) mass is 509 g/mol. The van der Waals surface area contributed by atoms with E-state index in [0.717, 1.165) is 33.9 Å². The fourth-order valence-corrected chi connectivity index (χ4v) is 3.91. The predicted molar refractivity (Wildman–Crippen MR) is 158 cm³/mol. The molecule has 0 saturated heterocycles. The van der Waals surface area contributed by atoms with Gasteiger partial charge in [-0.3, -0.25) is 0 Å². The average molecular weight is 510 g/mol. The second-order valence-electron chi connectivity index (χ2n) is 7.58. The van der Waals surface area contributed by atoms with Gasteiger partial charge in [-0.2, -0.15) is 4.99 Å². The molecule has 0 N–H and O–H groups in total. The molecule has 2 aromatic rings. The molecule has 0 heterocycles. The van der Waals surface area contributed by atoms with Gasteiger partial charge in [0, 0.05) is 12.0 Å². The van der Waals surface area contributed by atoms with Crippen molar-refractivity contribution in [1.82, 2.24) is 0 Å². The van der Waals surface area contributed by atoms with Crippen LogP contribution in [0, 0.1) is 0 Å². The van der Waals surface area contributed by atoms with Crippen molar-refractivity contribution in [2.45, 2.75) is 50.4 Å². The van der Waals surface area contributed by atoms with E-state index >= 15 is 0 Å². The Morgan fingerprint density at radius 2 is 1.69 bits per heavy atom. The third-order valence-corrected chi connectivity index (χ3v) is 6.19. The molecule has 0 aromatic heterocycles. The summed E-state index contributed by atoms with van der Waals surface area (Å²) in [7, 11) is 3.35.